The van der Waals surface area contributed by atoms with Gasteiger partial charge in [-0.15, -0.1) is 5.10 Å². The van der Waals surface area contributed by atoms with E-state index >= 15 is 0 Å². The third-order valence-electron chi connectivity index (χ3n) is 4.55. The summed E-state index contributed by atoms with van der Waals surface area (Å²) in [5.41, 5.74) is 3.36. The van der Waals surface area contributed by atoms with Crippen LogP contribution in [0.15, 0.2) is 12.1 Å². The molecule has 0 bridgehead atoms. The molecule has 2 heterocycles. The fourth-order valence-electron chi connectivity index (χ4n) is 2.87. The number of anilines is 1. The van der Waals surface area contributed by atoms with Gasteiger partial charge in [0.25, 0.3) is 0 Å². The maximum absolute atomic E-state index is 10.4. The van der Waals surface area contributed by atoms with Crippen LogP contribution in [-0.4, -0.2) is 53.9 Å². The number of nitrogens with zero attached hydrogens (tertiary/aromatic N) is 3. The second-order valence-electron chi connectivity index (χ2n) is 6.55. The van der Waals surface area contributed by atoms with Gasteiger partial charge >= 0.3 is 0 Å². The van der Waals surface area contributed by atoms with Crippen molar-refractivity contribution in [1.82, 2.24) is 9.78 Å². The molecule has 3 rings (SSSR count). The molecule has 1 saturated heterocycles. The van der Waals surface area contributed by atoms with Crippen molar-refractivity contribution in [2.45, 2.75) is 33.4 Å². The van der Waals surface area contributed by atoms with Gasteiger partial charge in [-0.25, -0.2) is 4.68 Å². The van der Waals surface area contributed by atoms with Crippen molar-refractivity contribution in [3.8, 4) is 5.75 Å². The van der Waals surface area contributed by atoms with E-state index in [1.165, 1.54) is 16.9 Å². The van der Waals surface area contributed by atoms with Crippen LogP contribution in [0.4, 0.5) is 5.13 Å². The summed E-state index contributed by atoms with van der Waals surface area (Å²) in [4.78, 5) is 2.17. The molecule has 1 aliphatic heterocycles. The van der Waals surface area contributed by atoms with Gasteiger partial charge in [0.15, 0.2) is 3.95 Å². The number of aliphatic hydroxyl groups excluding tert-OH is 1. The second kappa shape index (κ2) is 8.47. The third-order valence-corrected chi connectivity index (χ3v) is 5.92. The molecule has 0 aliphatic carbocycles. The van der Waals surface area contributed by atoms with Crippen molar-refractivity contribution in [2.75, 3.05) is 37.8 Å². The van der Waals surface area contributed by atoms with Crippen LogP contribution in [0.3, 0.4) is 0 Å². The molecule has 1 N–H and O–H groups in total. The van der Waals surface area contributed by atoms with Crippen LogP contribution in [0.5, 0.6) is 5.75 Å². The smallest absolute Gasteiger partial charge is 0.207 e. The quantitative estimate of drug-likeness (QED) is 0.759. The lowest BCUT2D eigenvalue weighted by atomic mass is 10.1. The zero-order chi connectivity index (χ0) is 18.7. The Balaban J connectivity index is 1.62. The number of aromatic nitrogens is 2. The number of benzene rings is 1. The fraction of sp³-hybridized carbons (Fsp3) is 0.556. The van der Waals surface area contributed by atoms with Gasteiger partial charge in [-0.3, -0.25) is 0 Å². The molecule has 26 heavy (non-hydrogen) atoms. The zero-order valence-electron chi connectivity index (χ0n) is 15.4. The minimum atomic E-state index is -0.680. The molecule has 1 aromatic heterocycles. The topological polar surface area (TPSA) is 59.8 Å². The molecule has 6 nitrogen and oxygen atoms in total. The average molecular weight is 396 g/mol. The lowest BCUT2D eigenvalue weighted by molar-refractivity contribution is 0.0883. The molecule has 0 amide bonds. The number of hydrogen-bond donors (Lipinski definition) is 1. The third kappa shape index (κ3) is 4.43. The van der Waals surface area contributed by atoms with E-state index in [1.54, 1.807) is 4.68 Å². The van der Waals surface area contributed by atoms with Crippen LogP contribution in [0.25, 0.3) is 0 Å². The Bertz CT molecular complexity index is 812. The van der Waals surface area contributed by atoms with Crippen molar-refractivity contribution in [1.29, 1.82) is 0 Å². The predicted octanol–water partition coefficient (Wildman–Crippen LogP) is 2.88. The molecular formula is C18H25N3O3S2. The average Bonchev–Trinajstić information content (AvgIpc) is 3.00. The Morgan fingerprint density at radius 2 is 1.96 bits per heavy atom. The zero-order valence-corrected chi connectivity index (χ0v) is 17.0. The number of aliphatic hydroxyl groups is 1. The highest BCUT2D eigenvalue weighted by Crippen LogP contribution is 2.26. The van der Waals surface area contributed by atoms with Crippen molar-refractivity contribution in [2.24, 2.45) is 0 Å². The van der Waals surface area contributed by atoms with Gasteiger partial charge in [-0.05, 0) is 49.7 Å². The Labute approximate surface area is 163 Å². The van der Waals surface area contributed by atoms with E-state index < -0.39 is 6.10 Å². The molecule has 142 valence electrons. The summed E-state index contributed by atoms with van der Waals surface area (Å²) in [5, 5.41) is 15.8. The van der Waals surface area contributed by atoms with Gasteiger partial charge in [0, 0.05) is 13.1 Å². The fourth-order valence-corrected chi connectivity index (χ4v) is 4.04. The highest BCUT2D eigenvalue weighted by molar-refractivity contribution is 7.73. The van der Waals surface area contributed by atoms with Gasteiger partial charge in [0.1, 0.15) is 18.5 Å². The maximum atomic E-state index is 10.4. The first-order valence-electron chi connectivity index (χ1n) is 8.74. The van der Waals surface area contributed by atoms with Crippen molar-refractivity contribution >= 4 is 28.7 Å². The lowest BCUT2D eigenvalue weighted by Gasteiger charge is -2.25. The predicted molar refractivity (Wildman–Crippen MR) is 106 cm³/mol. The standard InChI is InChI=1S/C18H25N3O3S2/c1-12-4-5-13(2)16(14(12)3)24-11-15(22)10-21-18(25)26-17(19-21)20-6-8-23-9-7-20/h4-5,15,22H,6-11H2,1-3H3. The monoisotopic (exact) mass is 395 g/mol. The molecule has 0 saturated carbocycles. The normalized spacial score (nSPS) is 15.9. The van der Waals surface area contributed by atoms with Crippen LogP contribution in [0, 0.1) is 24.7 Å². The first kappa shape index (κ1) is 19.3. The van der Waals surface area contributed by atoms with E-state index in [-0.39, 0.29) is 6.61 Å². The van der Waals surface area contributed by atoms with Crippen LogP contribution in [0.1, 0.15) is 16.7 Å². The van der Waals surface area contributed by atoms with Crippen LogP contribution in [-0.2, 0) is 11.3 Å². The van der Waals surface area contributed by atoms with E-state index in [2.05, 4.69) is 23.0 Å². The molecule has 0 spiro atoms. The number of aryl methyl sites for hydroxylation is 2. The van der Waals surface area contributed by atoms with Crippen molar-refractivity contribution < 1.29 is 14.6 Å². The molecule has 1 unspecified atom stereocenters. The number of morpholine rings is 1. The lowest BCUT2D eigenvalue weighted by Crippen LogP contribution is -2.36. The SMILES string of the molecule is Cc1ccc(C)c(OCC(O)Cn2nc(N3CCOCC3)sc2=S)c1C. The highest BCUT2D eigenvalue weighted by atomic mass is 32.1. The molecule has 1 atom stereocenters. The summed E-state index contributed by atoms with van der Waals surface area (Å²) >= 11 is 6.88. The summed E-state index contributed by atoms with van der Waals surface area (Å²) in [6.45, 7) is 9.69. The van der Waals surface area contributed by atoms with E-state index in [0.29, 0.717) is 23.7 Å². The van der Waals surface area contributed by atoms with Crippen molar-refractivity contribution in [3.05, 3.63) is 32.8 Å². The Morgan fingerprint density at radius 1 is 1.27 bits per heavy atom. The minimum Gasteiger partial charge on any atom is -0.490 e. The van der Waals surface area contributed by atoms with Gasteiger partial charge in [-0.1, -0.05) is 23.5 Å². The van der Waals surface area contributed by atoms with E-state index in [4.69, 9.17) is 21.7 Å². The largest absolute Gasteiger partial charge is 0.490 e. The summed E-state index contributed by atoms with van der Waals surface area (Å²) in [5.74, 6) is 0.847. The second-order valence-corrected chi connectivity index (χ2v) is 8.15. The highest BCUT2D eigenvalue weighted by Gasteiger charge is 2.17. The molecule has 1 fully saturated rings. The summed E-state index contributed by atoms with van der Waals surface area (Å²) in [7, 11) is 0. The van der Waals surface area contributed by atoms with Crippen LogP contribution >= 0.6 is 23.6 Å². The van der Waals surface area contributed by atoms with Crippen LogP contribution < -0.4 is 9.64 Å². The number of ether oxygens (including phenoxy) is 2. The Hall–Kier alpha value is -1.48. The maximum Gasteiger partial charge on any atom is 0.207 e. The first-order valence-corrected chi connectivity index (χ1v) is 9.96. The molecule has 1 aliphatic rings. The van der Waals surface area contributed by atoms with E-state index in [0.717, 1.165) is 35.1 Å². The summed E-state index contributed by atoms with van der Waals surface area (Å²) in [6.07, 6.45) is -0.680. The van der Waals surface area contributed by atoms with Gasteiger partial charge in [0.05, 0.1) is 19.8 Å². The summed E-state index contributed by atoms with van der Waals surface area (Å²) < 4.78 is 13.6. The first-order chi connectivity index (χ1) is 12.5. The minimum absolute atomic E-state index is 0.206. The molecule has 8 heteroatoms. The van der Waals surface area contributed by atoms with Gasteiger partial charge in [0.2, 0.25) is 5.13 Å². The van der Waals surface area contributed by atoms with Gasteiger partial charge in [-0.2, -0.15) is 0 Å². The summed E-state index contributed by atoms with van der Waals surface area (Å²) in [6, 6.07) is 4.12. The van der Waals surface area contributed by atoms with Crippen LogP contribution in [0.2, 0.25) is 0 Å². The number of rotatable bonds is 6. The number of hydrogen-bond acceptors (Lipinski definition) is 7. The Morgan fingerprint density at radius 3 is 2.69 bits per heavy atom. The van der Waals surface area contributed by atoms with E-state index in [1.807, 2.05) is 19.9 Å². The molecular weight excluding hydrogens is 370 g/mol. The van der Waals surface area contributed by atoms with E-state index in [9.17, 15) is 5.11 Å². The van der Waals surface area contributed by atoms with Gasteiger partial charge < -0.3 is 19.5 Å². The molecule has 1 aromatic carbocycles. The van der Waals surface area contributed by atoms with Crippen molar-refractivity contribution in [3.63, 3.8) is 0 Å². The molecule has 0 radical (unpaired) electrons. The Kier molecular flexibility index (Phi) is 6.29. The molecule has 2 aromatic rings.